The molecule has 1 aromatic rings. The molecule has 0 N–H and O–H groups in total. The quantitative estimate of drug-likeness (QED) is 0.575. The highest BCUT2D eigenvalue weighted by Crippen LogP contribution is 2.34. The number of carbonyl (C=O) groups excluding carboxylic acids is 1. The van der Waals surface area contributed by atoms with Gasteiger partial charge in [-0.05, 0) is 23.7 Å². The molecular weight excluding hydrogens is 280 g/mol. The number of hydrogen-bond donors (Lipinski definition) is 0. The predicted octanol–water partition coefficient (Wildman–Crippen LogP) is 4.46. The number of carbonyl (C=O) groups is 1. The molecule has 1 fully saturated rings. The smallest absolute Gasteiger partial charge is 0.308 e. The van der Waals surface area contributed by atoms with Crippen LogP contribution in [0.5, 0.6) is 0 Å². The van der Waals surface area contributed by atoms with E-state index in [9.17, 15) is 4.79 Å². The van der Waals surface area contributed by atoms with Crippen LogP contribution in [0.25, 0.3) is 0 Å². The van der Waals surface area contributed by atoms with Crippen molar-refractivity contribution in [2.45, 2.75) is 64.0 Å². The summed E-state index contributed by atoms with van der Waals surface area (Å²) in [5, 5.41) is 0. The molecule has 1 saturated heterocycles. The van der Waals surface area contributed by atoms with Gasteiger partial charge in [-0.1, -0.05) is 51.1 Å². The van der Waals surface area contributed by atoms with Crippen LogP contribution in [0.2, 0.25) is 18.1 Å². The van der Waals surface area contributed by atoms with Gasteiger partial charge in [0.15, 0.2) is 8.32 Å². The fraction of sp³-hybridized carbons (Fsp3) is 0.588. The van der Waals surface area contributed by atoms with E-state index in [4.69, 9.17) is 9.16 Å². The third-order valence-electron chi connectivity index (χ3n) is 4.67. The van der Waals surface area contributed by atoms with Crippen molar-refractivity contribution in [1.29, 1.82) is 0 Å². The minimum atomic E-state index is -1.67. The van der Waals surface area contributed by atoms with Gasteiger partial charge >= 0.3 is 5.97 Å². The Kier molecular flexibility index (Phi) is 5.59. The van der Waals surface area contributed by atoms with E-state index in [1.54, 1.807) is 0 Å². The average Bonchev–Trinajstić information content (AvgIpc) is 2.53. The summed E-state index contributed by atoms with van der Waals surface area (Å²) >= 11 is 0. The minimum absolute atomic E-state index is 0.0166. The topological polar surface area (TPSA) is 35.5 Å². The van der Waals surface area contributed by atoms with Crippen LogP contribution in [0.4, 0.5) is 0 Å². The summed E-state index contributed by atoms with van der Waals surface area (Å²) in [6.45, 7) is 6.65. The first-order valence-corrected chi connectivity index (χ1v) is 10.6. The molecule has 3 nitrogen and oxygen atoms in total. The van der Waals surface area contributed by atoms with E-state index in [0.29, 0.717) is 6.42 Å². The first-order valence-electron chi connectivity index (χ1n) is 8.04. The number of rotatable bonds is 6. The SMILES string of the molecule is CC[Si](CC)(CC)O[C@H]1CC(=O)O[C@H](c2ccccc2)C1. The maximum Gasteiger partial charge on any atom is 0.308 e. The molecular formula is C17H26O3Si. The van der Waals surface area contributed by atoms with Gasteiger partial charge in [0.2, 0.25) is 0 Å². The van der Waals surface area contributed by atoms with Crippen LogP contribution >= 0.6 is 0 Å². The highest BCUT2D eigenvalue weighted by molar-refractivity contribution is 6.73. The monoisotopic (exact) mass is 306 g/mol. The Morgan fingerprint density at radius 1 is 1.14 bits per heavy atom. The van der Waals surface area contributed by atoms with E-state index in [-0.39, 0.29) is 18.2 Å². The Morgan fingerprint density at radius 3 is 2.33 bits per heavy atom. The van der Waals surface area contributed by atoms with E-state index >= 15 is 0 Å². The highest BCUT2D eigenvalue weighted by atomic mass is 28.4. The van der Waals surface area contributed by atoms with E-state index < -0.39 is 8.32 Å². The first kappa shape index (κ1) is 16.2. The fourth-order valence-electron chi connectivity index (χ4n) is 3.08. The number of benzene rings is 1. The van der Waals surface area contributed by atoms with Gasteiger partial charge in [0, 0.05) is 6.42 Å². The molecule has 0 spiro atoms. The zero-order valence-electron chi connectivity index (χ0n) is 13.3. The second-order valence-corrected chi connectivity index (χ2v) is 10.5. The van der Waals surface area contributed by atoms with Gasteiger partial charge in [0.05, 0.1) is 12.5 Å². The van der Waals surface area contributed by atoms with E-state index in [0.717, 1.165) is 30.1 Å². The lowest BCUT2D eigenvalue weighted by Crippen LogP contribution is -2.43. The van der Waals surface area contributed by atoms with Crippen LogP contribution in [0.1, 0.15) is 45.3 Å². The normalized spacial score (nSPS) is 22.9. The number of cyclic esters (lactones) is 1. The summed E-state index contributed by atoms with van der Waals surface area (Å²) in [7, 11) is -1.67. The fourth-order valence-corrected chi connectivity index (χ4v) is 5.96. The molecule has 0 amide bonds. The Bertz CT molecular complexity index is 448. The Hall–Kier alpha value is -1.13. The van der Waals surface area contributed by atoms with Crippen molar-refractivity contribution in [3.8, 4) is 0 Å². The number of esters is 1. The second-order valence-electron chi connectivity index (χ2n) is 5.81. The lowest BCUT2D eigenvalue weighted by molar-refractivity contribution is -0.159. The molecule has 0 unspecified atom stereocenters. The predicted molar refractivity (Wildman–Crippen MR) is 86.6 cm³/mol. The molecule has 1 aliphatic heterocycles. The maximum atomic E-state index is 11.9. The molecule has 116 valence electrons. The van der Waals surface area contributed by atoms with E-state index in [1.165, 1.54) is 0 Å². The molecule has 1 heterocycles. The van der Waals surface area contributed by atoms with Gasteiger partial charge in [0.1, 0.15) is 6.10 Å². The van der Waals surface area contributed by atoms with E-state index in [1.807, 2.05) is 30.3 Å². The Labute approximate surface area is 128 Å². The van der Waals surface area contributed by atoms with Crippen LogP contribution in [0, 0.1) is 0 Å². The van der Waals surface area contributed by atoms with Crippen molar-refractivity contribution in [3.05, 3.63) is 35.9 Å². The van der Waals surface area contributed by atoms with Crippen molar-refractivity contribution < 1.29 is 14.0 Å². The zero-order valence-corrected chi connectivity index (χ0v) is 14.3. The lowest BCUT2D eigenvalue weighted by Gasteiger charge is -2.37. The van der Waals surface area contributed by atoms with Crippen LogP contribution < -0.4 is 0 Å². The van der Waals surface area contributed by atoms with Crippen LogP contribution in [-0.2, 0) is 14.0 Å². The Balaban J connectivity index is 2.09. The van der Waals surface area contributed by atoms with Crippen LogP contribution in [-0.4, -0.2) is 20.4 Å². The van der Waals surface area contributed by atoms with Gasteiger partial charge in [0.25, 0.3) is 0 Å². The van der Waals surface area contributed by atoms with Gasteiger partial charge in [-0.25, -0.2) is 0 Å². The maximum absolute atomic E-state index is 11.9. The van der Waals surface area contributed by atoms with Crippen LogP contribution in [0.15, 0.2) is 30.3 Å². The molecule has 4 heteroatoms. The summed E-state index contributed by atoms with van der Waals surface area (Å²) in [6, 6.07) is 13.3. The van der Waals surface area contributed by atoms with Crippen molar-refractivity contribution in [2.75, 3.05) is 0 Å². The third-order valence-corrected chi connectivity index (χ3v) is 9.37. The molecule has 21 heavy (non-hydrogen) atoms. The van der Waals surface area contributed by atoms with Gasteiger partial charge < -0.3 is 9.16 Å². The number of ether oxygens (including phenoxy) is 1. The molecule has 1 aromatic carbocycles. The molecule has 0 saturated carbocycles. The second kappa shape index (κ2) is 7.23. The standard InChI is InChI=1S/C17H26O3Si/c1-4-21(5-2,6-3)20-15-12-16(19-17(18)13-15)14-10-8-7-9-11-14/h7-11,15-16H,4-6,12-13H2,1-3H3/t15-,16+/m1/s1. The molecule has 2 rings (SSSR count). The van der Waals surface area contributed by atoms with Crippen molar-refractivity contribution in [1.82, 2.24) is 0 Å². The van der Waals surface area contributed by atoms with Gasteiger partial charge in [-0.2, -0.15) is 0 Å². The van der Waals surface area contributed by atoms with E-state index in [2.05, 4.69) is 20.8 Å². The molecule has 0 bridgehead atoms. The summed E-state index contributed by atoms with van der Waals surface area (Å²) in [5.41, 5.74) is 1.07. The third kappa shape index (κ3) is 3.95. The van der Waals surface area contributed by atoms with Crippen molar-refractivity contribution >= 4 is 14.3 Å². The molecule has 2 atom stereocenters. The average molecular weight is 306 g/mol. The zero-order chi connectivity index (χ0) is 15.3. The van der Waals surface area contributed by atoms with Crippen LogP contribution in [0.3, 0.4) is 0 Å². The molecule has 0 aromatic heterocycles. The summed E-state index contributed by atoms with van der Waals surface area (Å²) < 4.78 is 12.0. The summed E-state index contributed by atoms with van der Waals surface area (Å²) in [4.78, 5) is 11.9. The molecule has 0 radical (unpaired) electrons. The molecule has 1 aliphatic rings. The summed E-state index contributed by atoms with van der Waals surface area (Å²) in [5.74, 6) is -0.133. The van der Waals surface area contributed by atoms with Crippen molar-refractivity contribution in [3.63, 3.8) is 0 Å². The Morgan fingerprint density at radius 2 is 1.76 bits per heavy atom. The van der Waals surface area contributed by atoms with Crippen molar-refractivity contribution in [2.24, 2.45) is 0 Å². The minimum Gasteiger partial charge on any atom is -0.457 e. The van der Waals surface area contributed by atoms with Gasteiger partial charge in [-0.3, -0.25) is 4.79 Å². The highest BCUT2D eigenvalue weighted by Gasteiger charge is 2.37. The van der Waals surface area contributed by atoms with Gasteiger partial charge in [-0.15, -0.1) is 0 Å². The lowest BCUT2D eigenvalue weighted by atomic mass is 9.99. The first-order chi connectivity index (χ1) is 10.1. The molecule has 0 aliphatic carbocycles. The number of hydrogen-bond acceptors (Lipinski definition) is 3. The largest absolute Gasteiger partial charge is 0.457 e. The summed E-state index contributed by atoms with van der Waals surface area (Å²) in [6.07, 6.45) is 1.04.